The van der Waals surface area contributed by atoms with E-state index in [1.807, 2.05) is 6.07 Å². The highest BCUT2D eigenvalue weighted by Crippen LogP contribution is 2.28. The van der Waals surface area contributed by atoms with Crippen molar-refractivity contribution in [3.05, 3.63) is 41.2 Å². The summed E-state index contributed by atoms with van der Waals surface area (Å²) in [5, 5.41) is 1.21. The number of rotatable bonds is 6. The number of Topliss-reactive ketones (excluding diaryl/α,β-unsaturated/α-hetero) is 1. The van der Waals surface area contributed by atoms with Gasteiger partial charge in [0, 0.05) is 34.9 Å². The van der Waals surface area contributed by atoms with Crippen LogP contribution in [-0.4, -0.2) is 16.9 Å². The lowest BCUT2D eigenvalue weighted by molar-refractivity contribution is -0.111. The van der Waals surface area contributed by atoms with Gasteiger partial charge >= 0.3 is 0 Å². The summed E-state index contributed by atoms with van der Waals surface area (Å²) in [4.78, 5) is 11.9. The Labute approximate surface area is 138 Å². The van der Waals surface area contributed by atoms with Gasteiger partial charge in [-0.3, -0.25) is 4.79 Å². The first-order valence-corrected chi connectivity index (χ1v) is 8.14. The lowest BCUT2D eigenvalue weighted by Gasteiger charge is -2.11. The molecule has 0 atom stereocenters. The monoisotopic (exact) mass is 313 g/mol. The van der Waals surface area contributed by atoms with Crippen LogP contribution in [0.4, 0.5) is 0 Å². The van der Waals surface area contributed by atoms with Crippen LogP contribution in [0.25, 0.3) is 16.5 Å². The Bertz CT molecular complexity index is 749. The van der Waals surface area contributed by atoms with Crippen LogP contribution in [0.1, 0.15) is 38.8 Å². The number of hydrogen-bond donors (Lipinski definition) is 2. The normalized spacial score (nSPS) is 12.8. The zero-order valence-corrected chi connectivity index (χ0v) is 14.5. The Morgan fingerprint density at radius 1 is 1.26 bits per heavy atom. The van der Waals surface area contributed by atoms with E-state index in [0.717, 1.165) is 24.0 Å². The fourth-order valence-corrected chi connectivity index (χ4v) is 3.13. The number of benzene rings is 1. The molecule has 4 nitrogen and oxygen atoms in total. The molecule has 2 rings (SSSR count). The highest BCUT2D eigenvalue weighted by atomic mass is 16.1. The first kappa shape index (κ1) is 17.3. The molecule has 0 fully saturated rings. The number of allylic oxidation sites excluding steroid dienone is 2. The van der Waals surface area contributed by atoms with Gasteiger partial charge in [0.1, 0.15) is 0 Å². The summed E-state index contributed by atoms with van der Waals surface area (Å²) in [6.07, 6.45) is 3.04. The predicted octanol–water partition coefficient (Wildman–Crippen LogP) is 3.08. The summed E-state index contributed by atoms with van der Waals surface area (Å²) in [6.45, 7) is 9.29. The molecular weight excluding hydrogens is 286 g/mol. The molecule has 0 aliphatic rings. The number of carbonyl (C=O) groups is 1. The second kappa shape index (κ2) is 7.01. The van der Waals surface area contributed by atoms with Crippen LogP contribution in [-0.2, 0) is 17.8 Å². The number of carbonyl (C=O) groups excluding carboxylic acids is 1. The number of fused-ring (bicyclic) bond motifs is 1. The third-order valence-electron chi connectivity index (χ3n) is 3.98. The Balaban J connectivity index is 2.65. The van der Waals surface area contributed by atoms with Crippen LogP contribution in [0.2, 0.25) is 0 Å². The highest BCUT2D eigenvalue weighted by molar-refractivity contribution is 6.20. The number of nitrogens with zero attached hydrogens (tertiary/aromatic N) is 1. The Hall–Kier alpha value is -2.07. The van der Waals surface area contributed by atoms with Crippen molar-refractivity contribution in [3.63, 3.8) is 0 Å². The summed E-state index contributed by atoms with van der Waals surface area (Å²) >= 11 is 0. The van der Waals surface area contributed by atoms with Crippen LogP contribution >= 0.6 is 0 Å². The minimum atomic E-state index is -0.00602. The molecule has 0 saturated carbocycles. The van der Waals surface area contributed by atoms with E-state index >= 15 is 0 Å². The molecule has 1 aromatic heterocycles. The molecule has 0 aliphatic carbocycles. The topological polar surface area (TPSA) is 74.0 Å². The van der Waals surface area contributed by atoms with Gasteiger partial charge < -0.3 is 16.0 Å². The molecule has 2 aromatic rings. The van der Waals surface area contributed by atoms with E-state index in [4.69, 9.17) is 11.5 Å². The van der Waals surface area contributed by atoms with Crippen LogP contribution in [0.3, 0.4) is 0 Å². The SMILES string of the molecule is CC(=O)C(=C(C)N)c1ccc2c(CCN)cn(CC(C)C)c2c1. The van der Waals surface area contributed by atoms with Crippen LogP contribution < -0.4 is 11.5 Å². The minimum Gasteiger partial charge on any atom is -0.402 e. The van der Waals surface area contributed by atoms with Crippen molar-refractivity contribution < 1.29 is 4.79 Å². The third-order valence-corrected chi connectivity index (χ3v) is 3.98. The zero-order valence-electron chi connectivity index (χ0n) is 14.5. The molecule has 23 heavy (non-hydrogen) atoms. The van der Waals surface area contributed by atoms with E-state index in [9.17, 15) is 4.79 Å². The van der Waals surface area contributed by atoms with Crippen molar-refractivity contribution >= 4 is 22.3 Å². The minimum absolute atomic E-state index is 0.00602. The van der Waals surface area contributed by atoms with Crippen molar-refractivity contribution in [1.82, 2.24) is 4.57 Å². The van der Waals surface area contributed by atoms with E-state index in [1.54, 1.807) is 13.8 Å². The molecule has 0 aliphatic heterocycles. The van der Waals surface area contributed by atoms with E-state index < -0.39 is 0 Å². The summed E-state index contributed by atoms with van der Waals surface area (Å²) < 4.78 is 2.26. The molecule has 124 valence electrons. The smallest absolute Gasteiger partial charge is 0.162 e. The first-order chi connectivity index (χ1) is 10.8. The molecule has 1 aromatic carbocycles. The quantitative estimate of drug-likeness (QED) is 0.805. The van der Waals surface area contributed by atoms with Crippen LogP contribution in [0, 0.1) is 5.92 Å². The van der Waals surface area contributed by atoms with Crippen molar-refractivity contribution in [2.24, 2.45) is 17.4 Å². The standard InChI is InChI=1S/C19H27N3O/c1-12(2)10-22-11-16(7-8-20)17-6-5-15(9-18(17)22)19(13(3)21)14(4)23/h5-6,9,11-12H,7-8,10,20-21H2,1-4H3. The molecule has 4 N–H and O–H groups in total. The second-order valence-electron chi connectivity index (χ2n) is 6.59. The maximum atomic E-state index is 11.9. The van der Waals surface area contributed by atoms with Gasteiger partial charge in [-0.2, -0.15) is 0 Å². The third kappa shape index (κ3) is 3.64. The van der Waals surface area contributed by atoms with Gasteiger partial charge in [-0.15, -0.1) is 0 Å². The molecule has 0 saturated heterocycles. The van der Waals surface area contributed by atoms with E-state index in [2.05, 4.69) is 36.7 Å². The fraction of sp³-hybridized carbons (Fsp3) is 0.421. The summed E-state index contributed by atoms with van der Waals surface area (Å²) in [5.41, 5.74) is 16.1. The van der Waals surface area contributed by atoms with Gasteiger partial charge in [0.15, 0.2) is 5.78 Å². The number of nitrogens with two attached hydrogens (primary N) is 2. The van der Waals surface area contributed by atoms with Crippen molar-refractivity contribution in [3.8, 4) is 0 Å². The van der Waals surface area contributed by atoms with Gasteiger partial charge in [-0.05, 0) is 49.9 Å². The average molecular weight is 313 g/mol. The van der Waals surface area contributed by atoms with Crippen molar-refractivity contribution in [2.45, 2.75) is 40.7 Å². The number of ketones is 1. The van der Waals surface area contributed by atoms with Crippen molar-refractivity contribution in [2.75, 3.05) is 6.54 Å². The zero-order chi connectivity index (χ0) is 17.1. The number of hydrogen-bond acceptors (Lipinski definition) is 3. The Morgan fingerprint density at radius 2 is 1.96 bits per heavy atom. The first-order valence-electron chi connectivity index (χ1n) is 8.14. The van der Waals surface area contributed by atoms with Gasteiger partial charge in [0.05, 0.1) is 0 Å². The van der Waals surface area contributed by atoms with E-state index in [0.29, 0.717) is 23.7 Å². The second-order valence-corrected chi connectivity index (χ2v) is 6.59. The van der Waals surface area contributed by atoms with Crippen LogP contribution in [0.15, 0.2) is 30.1 Å². The Kier molecular flexibility index (Phi) is 5.26. The maximum absolute atomic E-state index is 11.9. The van der Waals surface area contributed by atoms with Gasteiger partial charge in [-0.1, -0.05) is 26.0 Å². The fourth-order valence-electron chi connectivity index (χ4n) is 3.13. The molecule has 0 amide bonds. The summed E-state index contributed by atoms with van der Waals surface area (Å²) in [6, 6.07) is 6.14. The number of aromatic nitrogens is 1. The molecule has 0 bridgehead atoms. The van der Waals surface area contributed by atoms with Gasteiger partial charge in [-0.25, -0.2) is 0 Å². The molecule has 1 heterocycles. The lowest BCUT2D eigenvalue weighted by atomic mass is 9.98. The van der Waals surface area contributed by atoms with Gasteiger partial charge in [0.25, 0.3) is 0 Å². The highest BCUT2D eigenvalue weighted by Gasteiger charge is 2.14. The molecule has 0 unspecified atom stereocenters. The molecule has 4 heteroatoms. The lowest BCUT2D eigenvalue weighted by Crippen LogP contribution is -2.06. The molecule has 0 spiro atoms. The maximum Gasteiger partial charge on any atom is 0.162 e. The largest absolute Gasteiger partial charge is 0.402 e. The van der Waals surface area contributed by atoms with Crippen LogP contribution in [0.5, 0.6) is 0 Å². The van der Waals surface area contributed by atoms with E-state index in [-0.39, 0.29) is 5.78 Å². The molecule has 0 radical (unpaired) electrons. The van der Waals surface area contributed by atoms with Gasteiger partial charge in [0.2, 0.25) is 0 Å². The average Bonchev–Trinajstić information content (AvgIpc) is 2.75. The predicted molar refractivity (Wildman–Crippen MR) is 97.0 cm³/mol. The van der Waals surface area contributed by atoms with Crippen molar-refractivity contribution in [1.29, 1.82) is 0 Å². The Morgan fingerprint density at radius 3 is 2.48 bits per heavy atom. The van der Waals surface area contributed by atoms with E-state index in [1.165, 1.54) is 10.9 Å². The summed E-state index contributed by atoms with van der Waals surface area (Å²) in [5.74, 6) is 0.535. The summed E-state index contributed by atoms with van der Waals surface area (Å²) in [7, 11) is 0. The molecular formula is C19H27N3O.